The monoisotopic (exact) mass is 440 g/mol. The average molecular weight is 440 g/mol. The minimum atomic E-state index is -0.460. The van der Waals surface area contributed by atoms with Crippen LogP contribution in [-0.4, -0.2) is 25.8 Å². The van der Waals surface area contributed by atoms with Crippen LogP contribution in [0, 0.1) is 10.1 Å². The van der Waals surface area contributed by atoms with Gasteiger partial charge in [0.25, 0.3) is 5.69 Å². The van der Waals surface area contributed by atoms with E-state index in [0.717, 1.165) is 27.4 Å². The summed E-state index contributed by atoms with van der Waals surface area (Å²) in [4.78, 5) is 29.9. The zero-order valence-electron chi connectivity index (χ0n) is 16.7. The van der Waals surface area contributed by atoms with Gasteiger partial charge in [0.05, 0.1) is 28.2 Å². The standard InChI is InChI=1S/C24H16N4O3S/c29-24-26-21(23(32)27(24)14-15-7-1-6-12-22(15)28(30)31)13-18-16-8-2-4-10-19(16)25-20-11-5-3-9-17(18)20/h1-13H,14H2,(H,26,29). The third-order valence-electron chi connectivity index (χ3n) is 5.40. The van der Waals surface area contributed by atoms with E-state index in [0.29, 0.717) is 11.3 Å². The molecule has 0 aliphatic carbocycles. The average Bonchev–Trinajstić information content (AvgIpc) is 3.06. The smallest absolute Gasteiger partial charge is 0.305 e. The first kappa shape index (κ1) is 19.8. The number of aromatic nitrogens is 1. The second-order valence-electron chi connectivity index (χ2n) is 7.33. The van der Waals surface area contributed by atoms with Gasteiger partial charge in [-0.25, -0.2) is 9.78 Å². The van der Waals surface area contributed by atoms with E-state index >= 15 is 0 Å². The Kier molecular flexibility index (Phi) is 4.84. The first-order valence-corrected chi connectivity index (χ1v) is 10.3. The minimum Gasteiger partial charge on any atom is -0.305 e. The molecule has 1 aliphatic heterocycles. The molecule has 2 heterocycles. The lowest BCUT2D eigenvalue weighted by Crippen LogP contribution is -2.29. The van der Waals surface area contributed by atoms with Gasteiger partial charge in [0.2, 0.25) is 0 Å². The molecule has 0 saturated carbocycles. The molecular weight excluding hydrogens is 424 g/mol. The number of nitrogens with zero attached hydrogens (tertiary/aromatic N) is 3. The van der Waals surface area contributed by atoms with Gasteiger partial charge in [0.1, 0.15) is 4.99 Å². The highest BCUT2D eigenvalue weighted by atomic mass is 32.1. The highest BCUT2D eigenvalue weighted by Crippen LogP contribution is 2.30. The summed E-state index contributed by atoms with van der Waals surface area (Å²) in [6, 6.07) is 21.5. The summed E-state index contributed by atoms with van der Waals surface area (Å²) < 4.78 is 0. The van der Waals surface area contributed by atoms with E-state index in [1.165, 1.54) is 11.0 Å². The molecule has 5 rings (SSSR count). The van der Waals surface area contributed by atoms with Crippen molar-refractivity contribution in [1.29, 1.82) is 0 Å². The van der Waals surface area contributed by atoms with Crippen molar-refractivity contribution in [3.05, 3.63) is 99.7 Å². The number of benzene rings is 3. The molecule has 156 valence electrons. The molecule has 1 fully saturated rings. The van der Waals surface area contributed by atoms with Crippen LogP contribution in [0.2, 0.25) is 0 Å². The maximum absolute atomic E-state index is 12.7. The molecule has 0 atom stereocenters. The molecule has 0 radical (unpaired) electrons. The lowest BCUT2D eigenvalue weighted by atomic mass is 10.0. The number of nitro benzene ring substituents is 1. The summed E-state index contributed by atoms with van der Waals surface area (Å²) in [6.07, 6.45) is 1.85. The van der Waals surface area contributed by atoms with Crippen LogP contribution in [0.1, 0.15) is 11.1 Å². The van der Waals surface area contributed by atoms with Crippen LogP contribution in [0.15, 0.2) is 78.5 Å². The largest absolute Gasteiger partial charge is 0.327 e. The normalized spacial score (nSPS) is 15.0. The Balaban J connectivity index is 1.58. The van der Waals surface area contributed by atoms with Crippen LogP contribution in [0.25, 0.3) is 27.9 Å². The van der Waals surface area contributed by atoms with E-state index in [9.17, 15) is 14.9 Å². The summed E-state index contributed by atoms with van der Waals surface area (Å²) >= 11 is 5.58. The molecule has 1 N–H and O–H groups in total. The topological polar surface area (TPSA) is 88.4 Å². The molecule has 32 heavy (non-hydrogen) atoms. The summed E-state index contributed by atoms with van der Waals surface area (Å²) in [5.74, 6) is 0. The zero-order valence-corrected chi connectivity index (χ0v) is 17.5. The molecule has 2 amide bonds. The molecular formula is C24H16N4O3S. The van der Waals surface area contributed by atoms with Crippen LogP contribution in [0.3, 0.4) is 0 Å². The zero-order chi connectivity index (χ0) is 22.2. The molecule has 0 unspecified atom stereocenters. The molecule has 1 saturated heterocycles. The lowest BCUT2D eigenvalue weighted by Gasteiger charge is -2.14. The van der Waals surface area contributed by atoms with Gasteiger partial charge in [0, 0.05) is 22.4 Å². The van der Waals surface area contributed by atoms with Crippen molar-refractivity contribution in [3.63, 3.8) is 0 Å². The SMILES string of the molecule is O=C1NC(=Cc2c3ccccc3nc3ccccc23)C(=S)N1Cc1ccccc1[N+](=O)[O-]. The van der Waals surface area contributed by atoms with Gasteiger partial charge in [-0.3, -0.25) is 15.0 Å². The summed E-state index contributed by atoms with van der Waals surface area (Å²) in [7, 11) is 0. The van der Waals surface area contributed by atoms with Crippen molar-refractivity contribution in [1.82, 2.24) is 15.2 Å². The molecule has 7 nitrogen and oxygen atoms in total. The van der Waals surface area contributed by atoms with Crippen molar-refractivity contribution >= 4 is 56.8 Å². The van der Waals surface area contributed by atoms with E-state index in [1.54, 1.807) is 18.2 Å². The fourth-order valence-corrected chi connectivity index (χ4v) is 4.14. The number of hydrogen-bond acceptors (Lipinski definition) is 5. The number of nitro groups is 1. The second-order valence-corrected chi connectivity index (χ2v) is 7.71. The fraction of sp³-hybridized carbons (Fsp3) is 0.0417. The van der Waals surface area contributed by atoms with Crippen molar-refractivity contribution < 1.29 is 9.72 Å². The number of amides is 2. The first-order chi connectivity index (χ1) is 15.5. The number of nitrogens with one attached hydrogen (secondary N) is 1. The summed E-state index contributed by atoms with van der Waals surface area (Å²) in [6.45, 7) is 0.0109. The van der Waals surface area contributed by atoms with Crippen LogP contribution >= 0.6 is 12.2 Å². The number of carbonyl (C=O) groups is 1. The molecule has 4 aromatic rings. The third-order valence-corrected chi connectivity index (χ3v) is 5.84. The quantitative estimate of drug-likeness (QED) is 0.155. The number of para-hydroxylation sites is 3. The van der Waals surface area contributed by atoms with E-state index in [4.69, 9.17) is 17.2 Å². The number of hydrogen-bond donors (Lipinski definition) is 1. The highest BCUT2D eigenvalue weighted by Gasteiger charge is 2.32. The number of pyridine rings is 1. The van der Waals surface area contributed by atoms with Gasteiger partial charge < -0.3 is 5.32 Å². The maximum atomic E-state index is 12.7. The van der Waals surface area contributed by atoms with Crippen molar-refractivity contribution in [3.8, 4) is 0 Å². The molecule has 1 aromatic heterocycles. The van der Waals surface area contributed by atoms with E-state index in [-0.39, 0.29) is 17.2 Å². The Morgan fingerprint density at radius 3 is 2.22 bits per heavy atom. The van der Waals surface area contributed by atoms with Gasteiger partial charge in [-0.2, -0.15) is 0 Å². The van der Waals surface area contributed by atoms with Crippen LogP contribution in [0.4, 0.5) is 10.5 Å². The van der Waals surface area contributed by atoms with Crippen LogP contribution < -0.4 is 5.32 Å². The molecule has 1 aliphatic rings. The second kappa shape index (κ2) is 7.82. The van der Waals surface area contributed by atoms with Gasteiger partial charge in [-0.15, -0.1) is 0 Å². The van der Waals surface area contributed by atoms with Crippen molar-refractivity contribution in [2.75, 3.05) is 0 Å². The predicted molar refractivity (Wildman–Crippen MR) is 127 cm³/mol. The predicted octanol–water partition coefficient (Wildman–Crippen LogP) is 5.19. The summed E-state index contributed by atoms with van der Waals surface area (Å²) in [5, 5.41) is 16.0. The van der Waals surface area contributed by atoms with E-state index in [1.807, 2.05) is 54.6 Å². The van der Waals surface area contributed by atoms with E-state index in [2.05, 4.69) is 5.32 Å². The number of thiocarbonyl (C=S) groups is 1. The number of fused-ring (bicyclic) bond motifs is 2. The molecule has 0 bridgehead atoms. The Morgan fingerprint density at radius 1 is 0.969 bits per heavy atom. The Bertz CT molecular complexity index is 1410. The first-order valence-electron chi connectivity index (χ1n) is 9.87. The summed E-state index contributed by atoms with van der Waals surface area (Å²) in [5.41, 5.74) is 3.42. The number of urea groups is 1. The fourth-order valence-electron chi connectivity index (χ4n) is 3.88. The van der Waals surface area contributed by atoms with Crippen LogP contribution in [0.5, 0.6) is 0 Å². The third kappa shape index (κ3) is 3.36. The van der Waals surface area contributed by atoms with E-state index < -0.39 is 11.0 Å². The minimum absolute atomic E-state index is 0.0109. The number of carbonyl (C=O) groups excluding carboxylic acids is 1. The Labute approximate surface area is 188 Å². The molecule has 3 aromatic carbocycles. The van der Waals surface area contributed by atoms with Gasteiger partial charge in [-0.1, -0.05) is 66.8 Å². The Hall–Kier alpha value is -4.17. The Morgan fingerprint density at radius 2 is 1.56 bits per heavy atom. The molecule has 0 spiro atoms. The van der Waals surface area contributed by atoms with Crippen molar-refractivity contribution in [2.24, 2.45) is 0 Å². The highest BCUT2D eigenvalue weighted by molar-refractivity contribution is 7.80. The van der Waals surface area contributed by atoms with Gasteiger partial charge in [-0.05, 0) is 23.8 Å². The van der Waals surface area contributed by atoms with Gasteiger partial charge in [0.15, 0.2) is 0 Å². The van der Waals surface area contributed by atoms with Crippen LogP contribution in [-0.2, 0) is 6.54 Å². The lowest BCUT2D eigenvalue weighted by molar-refractivity contribution is -0.385. The van der Waals surface area contributed by atoms with Crippen molar-refractivity contribution in [2.45, 2.75) is 6.54 Å². The van der Waals surface area contributed by atoms with Gasteiger partial charge >= 0.3 is 6.03 Å². The number of rotatable bonds is 4. The maximum Gasteiger partial charge on any atom is 0.327 e. The molecule has 8 heteroatoms.